The average Bonchev–Trinajstić information content (AvgIpc) is 2.32. The number of carbonyl (C=O) groups is 2. The van der Waals surface area contributed by atoms with Gasteiger partial charge >= 0.3 is 11.8 Å². The van der Waals surface area contributed by atoms with Crippen LogP contribution in [-0.2, 0) is 9.59 Å². The van der Waals surface area contributed by atoms with E-state index >= 15 is 0 Å². The van der Waals surface area contributed by atoms with Crippen LogP contribution in [0.2, 0.25) is 0 Å². The Bertz CT molecular complexity index is 447. The highest BCUT2D eigenvalue weighted by Crippen LogP contribution is 2.17. The second-order valence-corrected chi connectivity index (χ2v) is 5.27. The molecule has 0 aliphatic rings. The molecule has 0 unspecified atom stereocenters. The maximum absolute atomic E-state index is 11.6. The number of rotatable bonds is 4. The van der Waals surface area contributed by atoms with Crippen molar-refractivity contribution in [3.8, 4) is 0 Å². The molecule has 0 aliphatic carbocycles. The summed E-state index contributed by atoms with van der Waals surface area (Å²) in [6.07, 6.45) is 1.86. The van der Waals surface area contributed by atoms with E-state index in [-0.39, 0.29) is 0 Å². The Morgan fingerprint density at radius 2 is 2.00 bits per heavy atom. The van der Waals surface area contributed by atoms with E-state index in [0.717, 1.165) is 22.0 Å². The smallest absolute Gasteiger partial charge is 0.313 e. The average molecular weight is 360 g/mol. The first-order valence-electron chi connectivity index (χ1n) is 5.90. The molecule has 4 nitrogen and oxygen atoms in total. The molecule has 0 radical (unpaired) electrons. The predicted molar refractivity (Wildman–Crippen MR) is 80.4 cm³/mol. The van der Waals surface area contributed by atoms with Gasteiger partial charge < -0.3 is 10.6 Å². The molecular weight excluding hydrogens is 343 g/mol. The largest absolute Gasteiger partial charge is 0.348 e. The van der Waals surface area contributed by atoms with Crippen LogP contribution in [0.1, 0.15) is 25.3 Å². The van der Waals surface area contributed by atoms with Crippen molar-refractivity contribution < 1.29 is 9.59 Å². The van der Waals surface area contributed by atoms with Gasteiger partial charge in [0, 0.05) is 15.8 Å². The Morgan fingerprint density at radius 3 is 2.61 bits per heavy atom. The highest BCUT2D eigenvalue weighted by Gasteiger charge is 2.13. The fourth-order valence-corrected chi connectivity index (χ4v) is 2.05. The lowest BCUT2D eigenvalue weighted by atomic mass is 10.2. The third-order valence-corrected chi connectivity index (χ3v) is 3.13. The number of nitrogens with one attached hydrogen (secondary N) is 2. The summed E-state index contributed by atoms with van der Waals surface area (Å²) in [4.78, 5) is 23.1. The van der Waals surface area contributed by atoms with Gasteiger partial charge in [0.2, 0.25) is 0 Å². The van der Waals surface area contributed by atoms with Crippen LogP contribution >= 0.6 is 22.6 Å². The van der Waals surface area contributed by atoms with Crippen LogP contribution in [0.5, 0.6) is 0 Å². The van der Waals surface area contributed by atoms with Gasteiger partial charge in [-0.25, -0.2) is 0 Å². The van der Waals surface area contributed by atoms with Gasteiger partial charge in [0.15, 0.2) is 0 Å². The van der Waals surface area contributed by atoms with Crippen LogP contribution in [0, 0.1) is 10.5 Å². The second-order valence-electron chi connectivity index (χ2n) is 4.02. The van der Waals surface area contributed by atoms with Crippen molar-refractivity contribution >= 4 is 40.1 Å². The number of carbonyl (C=O) groups excluding carboxylic acids is 2. The summed E-state index contributed by atoms with van der Waals surface area (Å²) >= 11 is 2.20. The van der Waals surface area contributed by atoms with E-state index in [1.807, 2.05) is 26.0 Å². The number of hydrogen-bond acceptors (Lipinski definition) is 2. The molecule has 0 aromatic heterocycles. The molecule has 1 rings (SSSR count). The molecule has 0 heterocycles. The molecule has 18 heavy (non-hydrogen) atoms. The number of anilines is 1. The zero-order valence-electron chi connectivity index (χ0n) is 10.5. The summed E-state index contributed by atoms with van der Waals surface area (Å²) in [6.45, 7) is 4.46. The second kappa shape index (κ2) is 7.35. The Labute approximate surface area is 121 Å². The lowest BCUT2D eigenvalue weighted by molar-refractivity contribution is -0.136. The first kappa shape index (κ1) is 14.9. The van der Waals surface area contributed by atoms with E-state index in [2.05, 4.69) is 33.2 Å². The van der Waals surface area contributed by atoms with E-state index in [1.165, 1.54) is 0 Å². The molecule has 0 spiro atoms. The van der Waals surface area contributed by atoms with Crippen molar-refractivity contribution in [1.29, 1.82) is 0 Å². The van der Waals surface area contributed by atoms with Crippen LogP contribution < -0.4 is 10.6 Å². The van der Waals surface area contributed by atoms with Gasteiger partial charge in [0.05, 0.1) is 0 Å². The molecule has 2 amide bonds. The molecular formula is C13H17IN2O2. The van der Waals surface area contributed by atoms with Crippen molar-refractivity contribution in [2.24, 2.45) is 0 Å². The maximum atomic E-state index is 11.6. The van der Waals surface area contributed by atoms with Gasteiger partial charge in [-0.2, -0.15) is 0 Å². The van der Waals surface area contributed by atoms with E-state index in [0.29, 0.717) is 12.2 Å². The number of aryl methyl sites for hydroxylation is 1. The highest BCUT2D eigenvalue weighted by molar-refractivity contribution is 14.1. The maximum Gasteiger partial charge on any atom is 0.313 e. The Balaban J connectivity index is 2.56. The topological polar surface area (TPSA) is 58.2 Å². The molecule has 1 aromatic rings. The van der Waals surface area contributed by atoms with Crippen LogP contribution in [-0.4, -0.2) is 18.4 Å². The Kier molecular flexibility index (Phi) is 6.11. The summed E-state index contributed by atoms with van der Waals surface area (Å²) in [6, 6.07) is 5.64. The molecule has 0 saturated carbocycles. The van der Waals surface area contributed by atoms with Gasteiger partial charge in [0.1, 0.15) is 0 Å². The normalized spacial score (nSPS) is 9.94. The van der Waals surface area contributed by atoms with Crippen molar-refractivity contribution in [3.05, 3.63) is 27.3 Å². The Hall–Kier alpha value is -1.11. The highest BCUT2D eigenvalue weighted by atomic mass is 127. The Morgan fingerprint density at radius 1 is 1.28 bits per heavy atom. The zero-order chi connectivity index (χ0) is 13.5. The quantitative estimate of drug-likeness (QED) is 0.492. The fourth-order valence-electron chi connectivity index (χ4n) is 1.41. The van der Waals surface area contributed by atoms with Crippen LogP contribution in [0.4, 0.5) is 5.69 Å². The molecule has 0 atom stereocenters. The number of benzene rings is 1. The minimum absolute atomic E-state index is 0.536. The van der Waals surface area contributed by atoms with E-state index in [1.54, 1.807) is 6.07 Å². The fraction of sp³-hybridized carbons (Fsp3) is 0.385. The summed E-state index contributed by atoms with van der Waals surface area (Å²) < 4.78 is 1.09. The van der Waals surface area contributed by atoms with Crippen molar-refractivity contribution in [2.75, 3.05) is 11.9 Å². The first-order valence-corrected chi connectivity index (χ1v) is 6.97. The van der Waals surface area contributed by atoms with Crippen LogP contribution in [0.25, 0.3) is 0 Å². The minimum atomic E-state index is -0.615. The molecule has 0 aliphatic heterocycles. The van der Waals surface area contributed by atoms with Gasteiger partial charge in [-0.05, 0) is 59.7 Å². The van der Waals surface area contributed by atoms with Crippen LogP contribution in [0.15, 0.2) is 18.2 Å². The molecule has 0 bridgehead atoms. The van der Waals surface area contributed by atoms with Crippen molar-refractivity contribution in [3.63, 3.8) is 0 Å². The summed E-state index contributed by atoms with van der Waals surface area (Å²) in [5.41, 5.74) is 1.61. The van der Waals surface area contributed by atoms with Crippen LogP contribution in [0.3, 0.4) is 0 Å². The van der Waals surface area contributed by atoms with Gasteiger partial charge in [-0.3, -0.25) is 9.59 Å². The number of unbranched alkanes of at least 4 members (excludes halogenated alkanes) is 1. The molecule has 2 N–H and O–H groups in total. The van der Waals surface area contributed by atoms with Gasteiger partial charge in [0.25, 0.3) is 0 Å². The summed E-state index contributed by atoms with van der Waals surface area (Å²) in [5, 5.41) is 5.19. The SMILES string of the molecule is CCCCNC(=O)C(=O)Nc1ccc(I)cc1C. The van der Waals surface area contributed by atoms with E-state index in [4.69, 9.17) is 0 Å². The molecule has 1 aromatic carbocycles. The molecule has 5 heteroatoms. The molecule has 0 fully saturated rings. The standard InChI is InChI=1S/C13H17IN2O2/c1-3-4-7-15-12(17)13(18)16-11-6-5-10(14)8-9(11)2/h5-6,8H,3-4,7H2,1-2H3,(H,15,17)(H,16,18). The molecule has 98 valence electrons. The predicted octanol–water partition coefficient (Wildman–Crippen LogP) is 2.45. The minimum Gasteiger partial charge on any atom is -0.348 e. The third-order valence-electron chi connectivity index (χ3n) is 2.46. The van der Waals surface area contributed by atoms with Crippen molar-refractivity contribution in [1.82, 2.24) is 5.32 Å². The van der Waals surface area contributed by atoms with Crippen molar-refractivity contribution in [2.45, 2.75) is 26.7 Å². The van der Waals surface area contributed by atoms with E-state index < -0.39 is 11.8 Å². The number of hydrogen-bond donors (Lipinski definition) is 2. The number of amides is 2. The monoisotopic (exact) mass is 360 g/mol. The third kappa shape index (κ3) is 4.64. The zero-order valence-corrected chi connectivity index (χ0v) is 12.7. The van der Waals surface area contributed by atoms with Gasteiger partial charge in [-0.1, -0.05) is 13.3 Å². The molecule has 0 saturated heterocycles. The van der Waals surface area contributed by atoms with E-state index in [9.17, 15) is 9.59 Å². The number of halogens is 1. The first-order chi connectivity index (χ1) is 8.54. The van der Waals surface area contributed by atoms with Gasteiger partial charge in [-0.15, -0.1) is 0 Å². The lowest BCUT2D eigenvalue weighted by Gasteiger charge is -2.08. The summed E-state index contributed by atoms with van der Waals surface area (Å²) in [7, 11) is 0. The lowest BCUT2D eigenvalue weighted by Crippen LogP contribution is -2.36. The summed E-state index contributed by atoms with van der Waals surface area (Å²) in [5.74, 6) is -1.20.